The highest BCUT2D eigenvalue weighted by Crippen LogP contribution is 2.31. The summed E-state index contributed by atoms with van der Waals surface area (Å²) in [5.41, 5.74) is 0.458. The van der Waals surface area contributed by atoms with Crippen LogP contribution in [-0.2, 0) is 0 Å². The van der Waals surface area contributed by atoms with Crippen LogP contribution in [0, 0.1) is 5.41 Å². The lowest BCUT2D eigenvalue weighted by atomic mass is 9.80. The number of nitrogens with zero attached hydrogens (tertiary/aromatic N) is 2. The Morgan fingerprint density at radius 3 is 2.55 bits per heavy atom. The van der Waals surface area contributed by atoms with Crippen LogP contribution in [0.2, 0.25) is 0 Å². The molecule has 0 bridgehead atoms. The van der Waals surface area contributed by atoms with Crippen LogP contribution < -0.4 is 5.32 Å². The van der Waals surface area contributed by atoms with Crippen molar-refractivity contribution in [3.63, 3.8) is 0 Å². The lowest BCUT2D eigenvalue weighted by Crippen LogP contribution is -2.60. The summed E-state index contributed by atoms with van der Waals surface area (Å²) in [7, 11) is 2.10. The van der Waals surface area contributed by atoms with Crippen LogP contribution in [0.5, 0.6) is 0 Å². The first-order chi connectivity index (χ1) is 9.64. The molecule has 0 aromatic rings. The monoisotopic (exact) mass is 281 g/mol. The smallest absolute Gasteiger partial charge is 0.0223 e. The molecule has 2 rings (SSSR count). The molecule has 3 nitrogen and oxygen atoms in total. The Morgan fingerprint density at radius 2 is 1.90 bits per heavy atom. The molecule has 0 aromatic heterocycles. The second-order valence-corrected chi connectivity index (χ2v) is 7.16. The number of hydrogen-bond donors (Lipinski definition) is 1. The van der Waals surface area contributed by atoms with Gasteiger partial charge in [-0.1, -0.05) is 20.3 Å². The van der Waals surface area contributed by atoms with Crippen molar-refractivity contribution < 1.29 is 0 Å². The number of piperazine rings is 1. The fraction of sp³-hybridized carbons (Fsp3) is 1.00. The molecular weight excluding hydrogens is 246 g/mol. The molecule has 0 amide bonds. The highest BCUT2D eigenvalue weighted by Gasteiger charge is 2.36. The third-order valence-corrected chi connectivity index (χ3v) is 5.91. The van der Waals surface area contributed by atoms with Crippen LogP contribution in [0.4, 0.5) is 0 Å². The summed E-state index contributed by atoms with van der Waals surface area (Å²) >= 11 is 0. The summed E-state index contributed by atoms with van der Waals surface area (Å²) in [6, 6.07) is 1.56. The van der Waals surface area contributed by atoms with Crippen LogP contribution in [0.3, 0.4) is 0 Å². The average molecular weight is 281 g/mol. The summed E-state index contributed by atoms with van der Waals surface area (Å²) in [4.78, 5) is 5.54. The van der Waals surface area contributed by atoms with E-state index in [0.29, 0.717) is 5.41 Å². The molecule has 118 valence electrons. The van der Waals surface area contributed by atoms with Crippen molar-refractivity contribution in [3.05, 3.63) is 0 Å². The molecule has 1 N–H and O–H groups in total. The summed E-state index contributed by atoms with van der Waals surface area (Å²) < 4.78 is 0. The zero-order valence-electron chi connectivity index (χ0n) is 14.1. The van der Waals surface area contributed by atoms with E-state index in [1.165, 1.54) is 58.3 Å². The van der Waals surface area contributed by atoms with E-state index in [4.69, 9.17) is 0 Å². The molecule has 2 heterocycles. The van der Waals surface area contributed by atoms with E-state index in [9.17, 15) is 0 Å². The van der Waals surface area contributed by atoms with Gasteiger partial charge in [-0.25, -0.2) is 0 Å². The van der Waals surface area contributed by atoms with Gasteiger partial charge in [-0.3, -0.25) is 9.80 Å². The number of fused-ring (bicyclic) bond motifs is 1. The van der Waals surface area contributed by atoms with Gasteiger partial charge >= 0.3 is 0 Å². The zero-order chi connectivity index (χ0) is 14.6. The van der Waals surface area contributed by atoms with E-state index in [0.717, 1.165) is 18.6 Å². The van der Waals surface area contributed by atoms with E-state index in [-0.39, 0.29) is 0 Å². The van der Waals surface area contributed by atoms with E-state index in [1.54, 1.807) is 0 Å². The molecule has 2 aliphatic heterocycles. The van der Waals surface area contributed by atoms with Crippen LogP contribution >= 0.6 is 0 Å². The van der Waals surface area contributed by atoms with Crippen LogP contribution in [-0.4, -0.2) is 61.7 Å². The molecule has 20 heavy (non-hydrogen) atoms. The van der Waals surface area contributed by atoms with Gasteiger partial charge < -0.3 is 5.32 Å². The first-order valence-corrected chi connectivity index (χ1v) is 8.77. The van der Waals surface area contributed by atoms with E-state index >= 15 is 0 Å². The van der Waals surface area contributed by atoms with Crippen LogP contribution in [0.1, 0.15) is 52.9 Å². The molecule has 2 unspecified atom stereocenters. The highest BCUT2D eigenvalue weighted by molar-refractivity contribution is 4.92. The summed E-state index contributed by atoms with van der Waals surface area (Å²) in [6.07, 6.45) is 6.83. The molecule has 3 heteroatoms. The Kier molecular flexibility index (Phi) is 5.88. The molecule has 0 spiro atoms. The van der Waals surface area contributed by atoms with E-state index in [2.05, 4.69) is 42.9 Å². The molecule has 2 saturated heterocycles. The maximum atomic E-state index is 3.43. The van der Waals surface area contributed by atoms with Crippen molar-refractivity contribution in [2.75, 3.05) is 39.8 Å². The second-order valence-electron chi connectivity index (χ2n) is 7.16. The van der Waals surface area contributed by atoms with Crippen molar-refractivity contribution >= 4 is 0 Å². The fourth-order valence-electron chi connectivity index (χ4n) is 4.22. The Bertz CT molecular complexity index is 288. The normalized spacial score (nSPS) is 29.4. The first-order valence-electron chi connectivity index (χ1n) is 8.77. The van der Waals surface area contributed by atoms with Crippen molar-refractivity contribution in [2.45, 2.75) is 65.0 Å². The standard InChI is InChI=1S/C17H35N3/c1-5-17(6-2,13-18-4)14-20-12-16-9-7-8-10-19(16)11-15(20)3/h15-16,18H,5-14H2,1-4H3. The number of nitrogens with one attached hydrogen (secondary N) is 1. The SMILES string of the molecule is CCC(CC)(CNC)CN1CC2CCCCN2CC1C. The predicted molar refractivity (Wildman–Crippen MR) is 87.2 cm³/mol. The van der Waals surface area contributed by atoms with Gasteiger partial charge in [-0.15, -0.1) is 0 Å². The summed E-state index contributed by atoms with van der Waals surface area (Å²) in [6.45, 7) is 13.5. The van der Waals surface area contributed by atoms with Gasteiger partial charge in [0.25, 0.3) is 0 Å². The second kappa shape index (κ2) is 7.24. The highest BCUT2D eigenvalue weighted by atomic mass is 15.3. The Morgan fingerprint density at radius 1 is 1.15 bits per heavy atom. The lowest BCUT2D eigenvalue weighted by molar-refractivity contribution is -0.00871. The predicted octanol–water partition coefficient (Wildman–Crippen LogP) is 2.57. The Balaban J connectivity index is 2.00. The van der Waals surface area contributed by atoms with Gasteiger partial charge in [0.1, 0.15) is 0 Å². The third-order valence-electron chi connectivity index (χ3n) is 5.91. The van der Waals surface area contributed by atoms with Gasteiger partial charge in [0.2, 0.25) is 0 Å². The minimum absolute atomic E-state index is 0.458. The molecule has 0 aromatic carbocycles. The third kappa shape index (κ3) is 3.55. The number of rotatable bonds is 6. The molecule has 2 aliphatic rings. The number of hydrogen-bond acceptors (Lipinski definition) is 3. The maximum absolute atomic E-state index is 3.43. The van der Waals surface area contributed by atoms with Crippen molar-refractivity contribution in [2.24, 2.45) is 5.41 Å². The minimum atomic E-state index is 0.458. The van der Waals surface area contributed by atoms with Gasteiger partial charge in [-0.05, 0) is 51.6 Å². The molecule has 2 fully saturated rings. The minimum Gasteiger partial charge on any atom is -0.319 e. The van der Waals surface area contributed by atoms with Crippen molar-refractivity contribution in [1.29, 1.82) is 0 Å². The van der Waals surface area contributed by atoms with Gasteiger partial charge in [0.15, 0.2) is 0 Å². The average Bonchev–Trinajstić information content (AvgIpc) is 2.47. The fourth-order valence-corrected chi connectivity index (χ4v) is 4.22. The van der Waals surface area contributed by atoms with E-state index in [1.807, 2.05) is 0 Å². The van der Waals surface area contributed by atoms with Gasteiger partial charge in [0, 0.05) is 38.3 Å². The topological polar surface area (TPSA) is 18.5 Å². The molecule has 0 saturated carbocycles. The summed E-state index contributed by atoms with van der Waals surface area (Å²) in [5.74, 6) is 0. The summed E-state index contributed by atoms with van der Waals surface area (Å²) in [5, 5.41) is 3.43. The molecule has 0 radical (unpaired) electrons. The van der Waals surface area contributed by atoms with E-state index < -0.39 is 0 Å². The Hall–Kier alpha value is -0.120. The van der Waals surface area contributed by atoms with Crippen molar-refractivity contribution in [1.82, 2.24) is 15.1 Å². The van der Waals surface area contributed by atoms with Gasteiger partial charge in [-0.2, -0.15) is 0 Å². The van der Waals surface area contributed by atoms with Crippen LogP contribution in [0.25, 0.3) is 0 Å². The number of piperidine rings is 1. The Labute approximate surface area is 126 Å². The van der Waals surface area contributed by atoms with Crippen molar-refractivity contribution in [3.8, 4) is 0 Å². The molecule has 0 aliphatic carbocycles. The van der Waals surface area contributed by atoms with Crippen LogP contribution in [0.15, 0.2) is 0 Å². The lowest BCUT2D eigenvalue weighted by Gasteiger charge is -2.50. The van der Waals surface area contributed by atoms with Gasteiger partial charge in [0.05, 0.1) is 0 Å². The molecular formula is C17H35N3. The quantitative estimate of drug-likeness (QED) is 0.807. The largest absolute Gasteiger partial charge is 0.319 e. The maximum Gasteiger partial charge on any atom is 0.0223 e. The first kappa shape index (κ1) is 16.3. The zero-order valence-corrected chi connectivity index (χ0v) is 14.1. The molecule has 2 atom stereocenters.